The summed E-state index contributed by atoms with van der Waals surface area (Å²) in [6.07, 6.45) is 7.80. The van der Waals surface area contributed by atoms with Gasteiger partial charge in [-0.15, -0.1) is 11.6 Å². The molecule has 0 saturated carbocycles. The van der Waals surface area contributed by atoms with E-state index >= 15 is 0 Å². The maximum absolute atomic E-state index is 9.30. The number of alkyl halides is 1. The van der Waals surface area contributed by atoms with E-state index in [0.29, 0.717) is 0 Å². The monoisotopic (exact) mass is 278 g/mol. The number of aliphatic hydroxyl groups excluding tert-OH is 2. The fourth-order valence-corrected chi connectivity index (χ4v) is 2.91. The molecule has 1 aliphatic heterocycles. The molecule has 0 aromatic carbocycles. The van der Waals surface area contributed by atoms with Crippen molar-refractivity contribution in [3.8, 4) is 0 Å². The second-order valence-corrected chi connectivity index (χ2v) is 6.07. The van der Waals surface area contributed by atoms with Crippen LogP contribution in [0.25, 0.3) is 0 Å². The van der Waals surface area contributed by atoms with Gasteiger partial charge in [-0.25, -0.2) is 0 Å². The van der Waals surface area contributed by atoms with Crippen LogP contribution in [0, 0.1) is 0 Å². The Bertz CT molecular complexity index is 211. The summed E-state index contributed by atoms with van der Waals surface area (Å²) in [4.78, 5) is 0. The summed E-state index contributed by atoms with van der Waals surface area (Å²) in [5, 5.41) is 18.2. The zero-order valence-electron chi connectivity index (χ0n) is 11.4. The molecule has 0 bridgehead atoms. The average Bonchev–Trinajstić information content (AvgIpc) is 2.32. The van der Waals surface area contributed by atoms with Crippen LogP contribution in [0.2, 0.25) is 0 Å². The average molecular weight is 279 g/mol. The third-order valence-corrected chi connectivity index (χ3v) is 3.87. The van der Waals surface area contributed by atoms with E-state index in [0.717, 1.165) is 51.4 Å². The van der Waals surface area contributed by atoms with Crippen molar-refractivity contribution in [2.24, 2.45) is 0 Å². The first-order valence-electron chi connectivity index (χ1n) is 7.20. The Kier molecular flexibility index (Phi) is 8.23. The quantitative estimate of drug-likeness (QED) is 0.530. The molecule has 4 heteroatoms. The highest BCUT2D eigenvalue weighted by atomic mass is 35.5. The molecular formula is C14H27ClO3. The molecule has 108 valence electrons. The fourth-order valence-electron chi connectivity index (χ4n) is 2.51. The molecule has 1 saturated heterocycles. The lowest BCUT2D eigenvalue weighted by molar-refractivity contribution is -0.0594. The lowest BCUT2D eigenvalue weighted by Crippen LogP contribution is -2.33. The van der Waals surface area contributed by atoms with Gasteiger partial charge < -0.3 is 14.9 Å². The molecule has 0 radical (unpaired) electrons. The van der Waals surface area contributed by atoms with Gasteiger partial charge in [-0.3, -0.25) is 0 Å². The Morgan fingerprint density at radius 3 is 2.44 bits per heavy atom. The molecule has 18 heavy (non-hydrogen) atoms. The van der Waals surface area contributed by atoms with E-state index in [1.807, 2.05) is 6.92 Å². The predicted octanol–water partition coefficient (Wildman–Crippen LogP) is 2.86. The van der Waals surface area contributed by atoms with Gasteiger partial charge in [0, 0.05) is 12.0 Å². The molecule has 2 N–H and O–H groups in total. The van der Waals surface area contributed by atoms with Gasteiger partial charge in [0.15, 0.2) is 0 Å². The number of hydrogen-bond donors (Lipinski definition) is 2. The first-order chi connectivity index (χ1) is 8.61. The smallest absolute Gasteiger partial charge is 0.0594 e. The highest BCUT2D eigenvalue weighted by Crippen LogP contribution is 2.29. The minimum absolute atomic E-state index is 0.207. The van der Waals surface area contributed by atoms with Crippen LogP contribution < -0.4 is 0 Å². The van der Waals surface area contributed by atoms with Gasteiger partial charge in [-0.1, -0.05) is 12.8 Å². The Morgan fingerprint density at radius 1 is 1.17 bits per heavy atom. The van der Waals surface area contributed by atoms with Gasteiger partial charge in [-0.2, -0.15) is 0 Å². The summed E-state index contributed by atoms with van der Waals surface area (Å²) in [5.74, 6) is 0. The molecule has 0 aromatic heterocycles. The second-order valence-electron chi connectivity index (χ2n) is 5.45. The van der Waals surface area contributed by atoms with Gasteiger partial charge in [-0.05, 0) is 45.4 Å². The number of unbranched alkanes of at least 4 members (excludes halogenated alkanes) is 2. The van der Waals surface area contributed by atoms with Crippen LogP contribution in [0.15, 0.2) is 0 Å². The molecule has 0 aliphatic carbocycles. The third-order valence-electron chi connectivity index (χ3n) is 3.51. The van der Waals surface area contributed by atoms with Crippen molar-refractivity contribution in [2.45, 2.75) is 82.0 Å². The number of rotatable bonds is 8. The van der Waals surface area contributed by atoms with E-state index in [2.05, 4.69) is 0 Å². The molecule has 1 rings (SSSR count). The van der Waals surface area contributed by atoms with Crippen LogP contribution in [0.1, 0.15) is 58.3 Å². The van der Waals surface area contributed by atoms with Gasteiger partial charge in [0.1, 0.15) is 0 Å². The van der Waals surface area contributed by atoms with Crippen LogP contribution in [0.5, 0.6) is 0 Å². The summed E-state index contributed by atoms with van der Waals surface area (Å²) in [7, 11) is 0. The molecule has 4 atom stereocenters. The van der Waals surface area contributed by atoms with Crippen molar-refractivity contribution in [3.05, 3.63) is 0 Å². The van der Waals surface area contributed by atoms with Crippen molar-refractivity contribution in [1.29, 1.82) is 0 Å². The Morgan fingerprint density at radius 2 is 1.83 bits per heavy atom. The number of hydrogen-bond acceptors (Lipinski definition) is 3. The van der Waals surface area contributed by atoms with Crippen molar-refractivity contribution in [3.63, 3.8) is 0 Å². The zero-order valence-corrected chi connectivity index (χ0v) is 12.1. The molecular weight excluding hydrogens is 252 g/mol. The van der Waals surface area contributed by atoms with Crippen molar-refractivity contribution < 1.29 is 14.9 Å². The van der Waals surface area contributed by atoms with Crippen molar-refractivity contribution in [1.82, 2.24) is 0 Å². The van der Waals surface area contributed by atoms with Crippen LogP contribution in [-0.2, 0) is 4.74 Å². The van der Waals surface area contributed by atoms with Crippen LogP contribution in [0.4, 0.5) is 0 Å². The highest BCUT2D eigenvalue weighted by Gasteiger charge is 2.27. The maximum atomic E-state index is 9.30. The van der Waals surface area contributed by atoms with E-state index in [1.54, 1.807) is 0 Å². The predicted molar refractivity (Wildman–Crippen MR) is 74.0 cm³/mol. The van der Waals surface area contributed by atoms with Gasteiger partial charge in [0.2, 0.25) is 0 Å². The summed E-state index contributed by atoms with van der Waals surface area (Å²) in [5.41, 5.74) is 0. The van der Waals surface area contributed by atoms with E-state index in [-0.39, 0.29) is 30.3 Å². The highest BCUT2D eigenvalue weighted by molar-refractivity contribution is 6.20. The summed E-state index contributed by atoms with van der Waals surface area (Å²) in [6.45, 7) is 2.09. The molecule has 0 unspecified atom stereocenters. The molecule has 0 aromatic rings. The standard InChI is InChI=1S/C14H27ClO3/c1-11(17)6-7-14-10-12(15)9-13(18-14)5-3-2-4-8-16/h11-14,16-17H,2-10H2,1H3/t11-,12+,13-,14+/m1/s1. The summed E-state index contributed by atoms with van der Waals surface area (Å²) < 4.78 is 6.03. The largest absolute Gasteiger partial charge is 0.396 e. The minimum atomic E-state index is -0.257. The normalized spacial score (nSPS) is 30.3. The molecule has 3 nitrogen and oxygen atoms in total. The Labute approximate surface area is 115 Å². The molecule has 1 heterocycles. The zero-order chi connectivity index (χ0) is 13.4. The van der Waals surface area contributed by atoms with Crippen molar-refractivity contribution >= 4 is 11.6 Å². The Balaban J connectivity index is 2.22. The van der Waals surface area contributed by atoms with Gasteiger partial charge in [0.25, 0.3) is 0 Å². The van der Waals surface area contributed by atoms with Crippen LogP contribution >= 0.6 is 11.6 Å². The SMILES string of the molecule is C[C@@H](O)CC[C@H]1C[C@@H](Cl)C[C@@H](CCCCCO)O1. The van der Waals surface area contributed by atoms with E-state index < -0.39 is 0 Å². The number of aliphatic hydroxyl groups is 2. The first-order valence-corrected chi connectivity index (χ1v) is 7.64. The summed E-state index contributed by atoms with van der Waals surface area (Å²) >= 11 is 6.28. The molecule has 1 fully saturated rings. The minimum Gasteiger partial charge on any atom is -0.396 e. The van der Waals surface area contributed by atoms with Crippen LogP contribution in [0.3, 0.4) is 0 Å². The van der Waals surface area contributed by atoms with Gasteiger partial charge >= 0.3 is 0 Å². The number of ether oxygens (including phenoxy) is 1. The van der Waals surface area contributed by atoms with E-state index in [1.165, 1.54) is 0 Å². The third kappa shape index (κ3) is 6.93. The fraction of sp³-hybridized carbons (Fsp3) is 1.00. The number of halogens is 1. The lowest BCUT2D eigenvalue weighted by Gasteiger charge is -2.33. The topological polar surface area (TPSA) is 49.7 Å². The first kappa shape index (κ1) is 16.2. The molecule has 0 spiro atoms. The van der Waals surface area contributed by atoms with Gasteiger partial charge in [0.05, 0.1) is 18.3 Å². The lowest BCUT2D eigenvalue weighted by atomic mass is 9.96. The summed E-state index contributed by atoms with van der Waals surface area (Å²) in [6, 6.07) is 0. The molecule has 0 amide bonds. The molecule has 1 aliphatic rings. The maximum Gasteiger partial charge on any atom is 0.0594 e. The van der Waals surface area contributed by atoms with E-state index in [9.17, 15) is 5.11 Å². The van der Waals surface area contributed by atoms with Crippen LogP contribution in [-0.4, -0.2) is 40.5 Å². The van der Waals surface area contributed by atoms with E-state index in [4.69, 9.17) is 21.4 Å². The van der Waals surface area contributed by atoms with Crippen molar-refractivity contribution in [2.75, 3.05) is 6.61 Å². The second kappa shape index (κ2) is 9.13. The Hall–Kier alpha value is 0.170.